The van der Waals surface area contributed by atoms with E-state index in [1.165, 1.54) is 5.56 Å². The van der Waals surface area contributed by atoms with E-state index in [0.29, 0.717) is 5.56 Å². The molecular weight excluding hydrogens is 226 g/mol. The summed E-state index contributed by atoms with van der Waals surface area (Å²) in [6.45, 7) is 6.46. The van der Waals surface area contributed by atoms with Crippen LogP contribution in [0, 0.1) is 11.3 Å². The molecule has 1 rings (SSSR count). The van der Waals surface area contributed by atoms with Crippen LogP contribution < -0.4 is 0 Å². The lowest BCUT2D eigenvalue weighted by atomic mass is 9.87. The van der Waals surface area contributed by atoms with Crippen LogP contribution in [0.25, 0.3) is 0 Å². The highest BCUT2D eigenvalue weighted by molar-refractivity contribution is 9.10. The lowest BCUT2D eigenvalue weighted by Crippen LogP contribution is -2.10. The largest absolute Gasteiger partial charge is 0.192 e. The minimum Gasteiger partial charge on any atom is -0.192 e. The Balaban J connectivity index is 3.20. The molecule has 68 valence electrons. The van der Waals surface area contributed by atoms with Gasteiger partial charge in [-0.05, 0) is 39.0 Å². The Hall–Kier alpha value is -0.810. The third kappa shape index (κ3) is 2.32. The Morgan fingerprint density at radius 3 is 2.31 bits per heavy atom. The molecule has 2 heteroatoms. The van der Waals surface area contributed by atoms with Crippen molar-refractivity contribution < 1.29 is 0 Å². The first-order valence-electron chi connectivity index (χ1n) is 4.15. The molecule has 0 N–H and O–H groups in total. The molecule has 0 saturated heterocycles. The van der Waals surface area contributed by atoms with E-state index in [1.807, 2.05) is 18.2 Å². The third-order valence-corrected chi connectivity index (χ3v) is 2.61. The highest BCUT2D eigenvalue weighted by Crippen LogP contribution is 2.26. The Morgan fingerprint density at radius 1 is 1.31 bits per heavy atom. The molecule has 0 aliphatic heterocycles. The first kappa shape index (κ1) is 10.3. The van der Waals surface area contributed by atoms with E-state index in [2.05, 4.69) is 42.8 Å². The van der Waals surface area contributed by atoms with Gasteiger partial charge in [-0.25, -0.2) is 0 Å². The van der Waals surface area contributed by atoms with Gasteiger partial charge in [0.05, 0.1) is 5.56 Å². The summed E-state index contributed by atoms with van der Waals surface area (Å²) in [6, 6.07) is 7.99. The van der Waals surface area contributed by atoms with E-state index in [9.17, 15) is 0 Å². The molecule has 0 amide bonds. The maximum atomic E-state index is 8.73. The molecule has 0 aromatic heterocycles. The predicted molar refractivity (Wildman–Crippen MR) is 57.6 cm³/mol. The SMILES string of the molecule is CC(C)(C)c1ccc(C#N)c(Br)c1. The second-order valence-corrected chi connectivity index (χ2v) is 4.91. The van der Waals surface area contributed by atoms with Crippen molar-refractivity contribution in [3.05, 3.63) is 33.8 Å². The second kappa shape index (κ2) is 3.51. The number of hydrogen-bond donors (Lipinski definition) is 0. The standard InChI is InChI=1S/C11H12BrN/c1-11(2,3)9-5-4-8(7-13)10(12)6-9/h4-6H,1-3H3. The van der Waals surface area contributed by atoms with Gasteiger partial charge in [0.15, 0.2) is 0 Å². The van der Waals surface area contributed by atoms with Crippen LogP contribution in [-0.4, -0.2) is 0 Å². The van der Waals surface area contributed by atoms with Gasteiger partial charge >= 0.3 is 0 Å². The van der Waals surface area contributed by atoms with Crippen LogP contribution in [0.3, 0.4) is 0 Å². The monoisotopic (exact) mass is 237 g/mol. The molecule has 1 aromatic carbocycles. The second-order valence-electron chi connectivity index (χ2n) is 4.06. The molecule has 0 unspecified atom stereocenters. The summed E-state index contributed by atoms with van der Waals surface area (Å²) in [5, 5.41) is 8.73. The van der Waals surface area contributed by atoms with E-state index in [4.69, 9.17) is 5.26 Å². The molecule has 0 atom stereocenters. The van der Waals surface area contributed by atoms with Crippen molar-refractivity contribution in [1.29, 1.82) is 5.26 Å². The van der Waals surface area contributed by atoms with Gasteiger partial charge in [0.25, 0.3) is 0 Å². The highest BCUT2D eigenvalue weighted by Gasteiger charge is 2.14. The Morgan fingerprint density at radius 2 is 1.92 bits per heavy atom. The maximum Gasteiger partial charge on any atom is 0.100 e. The number of halogens is 1. The fraction of sp³-hybridized carbons (Fsp3) is 0.364. The number of rotatable bonds is 0. The molecule has 0 aliphatic carbocycles. The Bertz CT molecular complexity index is 355. The number of benzene rings is 1. The quantitative estimate of drug-likeness (QED) is 0.677. The van der Waals surface area contributed by atoms with Crippen LogP contribution in [0.4, 0.5) is 0 Å². The molecule has 0 bridgehead atoms. The van der Waals surface area contributed by atoms with Gasteiger partial charge in [0.2, 0.25) is 0 Å². The average molecular weight is 238 g/mol. The van der Waals surface area contributed by atoms with Crippen molar-refractivity contribution in [2.45, 2.75) is 26.2 Å². The normalized spacial score (nSPS) is 11.0. The third-order valence-electron chi connectivity index (χ3n) is 1.96. The van der Waals surface area contributed by atoms with E-state index < -0.39 is 0 Å². The summed E-state index contributed by atoms with van der Waals surface area (Å²) >= 11 is 3.38. The van der Waals surface area contributed by atoms with Gasteiger partial charge in [-0.15, -0.1) is 0 Å². The number of nitriles is 1. The van der Waals surface area contributed by atoms with Gasteiger partial charge in [0, 0.05) is 4.47 Å². The molecule has 0 heterocycles. The minimum absolute atomic E-state index is 0.135. The number of nitrogens with zero attached hydrogens (tertiary/aromatic N) is 1. The van der Waals surface area contributed by atoms with Crippen molar-refractivity contribution in [2.24, 2.45) is 0 Å². The number of hydrogen-bond acceptors (Lipinski definition) is 1. The summed E-state index contributed by atoms with van der Waals surface area (Å²) in [4.78, 5) is 0. The van der Waals surface area contributed by atoms with Gasteiger partial charge in [-0.1, -0.05) is 26.8 Å². The summed E-state index contributed by atoms with van der Waals surface area (Å²) < 4.78 is 0.877. The minimum atomic E-state index is 0.135. The zero-order valence-corrected chi connectivity index (χ0v) is 9.64. The summed E-state index contributed by atoms with van der Waals surface area (Å²) in [5.74, 6) is 0. The van der Waals surface area contributed by atoms with Crippen LogP contribution in [0.2, 0.25) is 0 Å². The smallest absolute Gasteiger partial charge is 0.100 e. The lowest BCUT2D eigenvalue weighted by Gasteiger charge is -2.19. The van der Waals surface area contributed by atoms with Crippen LogP contribution in [0.5, 0.6) is 0 Å². The summed E-state index contributed by atoms with van der Waals surface area (Å²) in [5.41, 5.74) is 2.06. The Labute approximate surface area is 87.5 Å². The summed E-state index contributed by atoms with van der Waals surface area (Å²) in [7, 11) is 0. The molecule has 0 saturated carbocycles. The predicted octanol–water partition coefficient (Wildman–Crippen LogP) is 3.62. The fourth-order valence-corrected chi connectivity index (χ4v) is 1.54. The zero-order chi connectivity index (χ0) is 10.1. The van der Waals surface area contributed by atoms with Crippen molar-refractivity contribution in [3.8, 4) is 6.07 Å². The maximum absolute atomic E-state index is 8.73. The Kier molecular flexibility index (Phi) is 2.77. The van der Waals surface area contributed by atoms with E-state index in [1.54, 1.807) is 0 Å². The van der Waals surface area contributed by atoms with Crippen LogP contribution in [-0.2, 0) is 5.41 Å². The van der Waals surface area contributed by atoms with Gasteiger partial charge in [-0.2, -0.15) is 5.26 Å². The van der Waals surface area contributed by atoms with Crippen molar-refractivity contribution in [3.63, 3.8) is 0 Å². The molecule has 13 heavy (non-hydrogen) atoms. The van der Waals surface area contributed by atoms with Crippen molar-refractivity contribution in [2.75, 3.05) is 0 Å². The summed E-state index contributed by atoms with van der Waals surface area (Å²) in [6.07, 6.45) is 0. The topological polar surface area (TPSA) is 23.8 Å². The molecule has 0 radical (unpaired) electrons. The van der Waals surface area contributed by atoms with Crippen molar-refractivity contribution in [1.82, 2.24) is 0 Å². The van der Waals surface area contributed by atoms with E-state index >= 15 is 0 Å². The molecule has 0 spiro atoms. The van der Waals surface area contributed by atoms with Crippen LogP contribution >= 0.6 is 15.9 Å². The van der Waals surface area contributed by atoms with Gasteiger partial charge in [0.1, 0.15) is 6.07 Å². The van der Waals surface area contributed by atoms with Crippen LogP contribution in [0.1, 0.15) is 31.9 Å². The highest BCUT2D eigenvalue weighted by atomic mass is 79.9. The van der Waals surface area contributed by atoms with E-state index in [-0.39, 0.29) is 5.41 Å². The first-order chi connectivity index (χ1) is 5.95. The van der Waals surface area contributed by atoms with Gasteiger partial charge < -0.3 is 0 Å². The fourth-order valence-electron chi connectivity index (χ4n) is 1.07. The molecule has 1 aromatic rings. The average Bonchev–Trinajstić information content (AvgIpc) is 2.02. The molecular formula is C11H12BrN. The molecule has 1 nitrogen and oxygen atoms in total. The van der Waals surface area contributed by atoms with Crippen LogP contribution in [0.15, 0.2) is 22.7 Å². The van der Waals surface area contributed by atoms with Crippen molar-refractivity contribution >= 4 is 15.9 Å². The molecule has 0 fully saturated rings. The lowest BCUT2D eigenvalue weighted by molar-refractivity contribution is 0.590. The zero-order valence-electron chi connectivity index (χ0n) is 8.06. The van der Waals surface area contributed by atoms with Gasteiger partial charge in [-0.3, -0.25) is 0 Å². The van der Waals surface area contributed by atoms with E-state index in [0.717, 1.165) is 4.47 Å². The first-order valence-corrected chi connectivity index (χ1v) is 4.94. The molecule has 0 aliphatic rings.